The number of hydrogen-bond donors (Lipinski definition) is 1. The van der Waals surface area contributed by atoms with Crippen molar-refractivity contribution in [3.8, 4) is 0 Å². The minimum Gasteiger partial charge on any atom is -0.395 e. The molecule has 0 spiro atoms. The van der Waals surface area contributed by atoms with Crippen LogP contribution in [0.3, 0.4) is 0 Å². The van der Waals surface area contributed by atoms with Crippen molar-refractivity contribution in [2.24, 2.45) is 0 Å². The van der Waals surface area contributed by atoms with Crippen LogP contribution < -0.4 is 0 Å². The topological polar surface area (TPSA) is 83.7 Å². The fourth-order valence-electron chi connectivity index (χ4n) is 1.71. The Bertz CT molecular complexity index is 473. The SMILES string of the molecule is CCCN(CCO)C(=O)c1cc(Cl)ccc1[N+](=O)[O-]. The van der Waals surface area contributed by atoms with E-state index in [9.17, 15) is 14.9 Å². The molecule has 104 valence electrons. The summed E-state index contributed by atoms with van der Waals surface area (Å²) in [5, 5.41) is 20.1. The van der Waals surface area contributed by atoms with Crippen LogP contribution in [0, 0.1) is 10.1 Å². The van der Waals surface area contributed by atoms with E-state index in [4.69, 9.17) is 16.7 Å². The zero-order chi connectivity index (χ0) is 14.4. The Kier molecular flexibility index (Phi) is 5.72. The van der Waals surface area contributed by atoms with Crippen molar-refractivity contribution in [1.29, 1.82) is 0 Å². The number of aliphatic hydroxyl groups excluding tert-OH is 1. The first-order chi connectivity index (χ1) is 9.01. The maximum absolute atomic E-state index is 12.3. The molecule has 1 amide bonds. The van der Waals surface area contributed by atoms with Crippen molar-refractivity contribution in [3.05, 3.63) is 38.9 Å². The number of nitro groups is 1. The summed E-state index contributed by atoms with van der Waals surface area (Å²) >= 11 is 5.78. The molecular weight excluding hydrogens is 272 g/mol. The molecule has 0 saturated carbocycles. The summed E-state index contributed by atoms with van der Waals surface area (Å²) in [6.07, 6.45) is 0.695. The number of carbonyl (C=O) groups is 1. The molecule has 1 aromatic rings. The van der Waals surface area contributed by atoms with Crippen molar-refractivity contribution in [1.82, 2.24) is 4.90 Å². The number of nitro benzene ring substituents is 1. The molecule has 0 aliphatic rings. The maximum Gasteiger partial charge on any atom is 0.282 e. The standard InChI is InChI=1S/C12H15ClN2O4/c1-2-5-14(6-7-16)12(17)10-8-9(13)3-4-11(10)15(18)19/h3-4,8,16H,2,5-7H2,1H3. The molecule has 0 bridgehead atoms. The summed E-state index contributed by atoms with van der Waals surface area (Å²) in [6.45, 7) is 2.24. The van der Waals surface area contributed by atoms with E-state index < -0.39 is 10.8 Å². The summed E-state index contributed by atoms with van der Waals surface area (Å²) in [6, 6.07) is 3.85. The first-order valence-electron chi connectivity index (χ1n) is 5.85. The summed E-state index contributed by atoms with van der Waals surface area (Å²) in [4.78, 5) is 23.9. The smallest absolute Gasteiger partial charge is 0.282 e. The van der Waals surface area contributed by atoms with Gasteiger partial charge in [-0.25, -0.2) is 0 Å². The van der Waals surface area contributed by atoms with E-state index in [1.54, 1.807) is 0 Å². The van der Waals surface area contributed by atoms with Gasteiger partial charge in [0.2, 0.25) is 0 Å². The van der Waals surface area contributed by atoms with Gasteiger partial charge in [-0.3, -0.25) is 14.9 Å². The second-order valence-corrected chi connectivity index (χ2v) is 4.37. The van der Waals surface area contributed by atoms with Crippen molar-refractivity contribution in [2.45, 2.75) is 13.3 Å². The lowest BCUT2D eigenvalue weighted by molar-refractivity contribution is -0.385. The molecule has 0 saturated heterocycles. The van der Waals surface area contributed by atoms with Gasteiger partial charge in [-0.2, -0.15) is 0 Å². The molecule has 0 radical (unpaired) electrons. The third-order valence-corrected chi connectivity index (χ3v) is 2.77. The third kappa shape index (κ3) is 3.90. The minimum atomic E-state index is -0.618. The lowest BCUT2D eigenvalue weighted by Gasteiger charge is -2.21. The van der Waals surface area contributed by atoms with Gasteiger partial charge in [0.1, 0.15) is 5.56 Å². The van der Waals surface area contributed by atoms with Crippen molar-refractivity contribution in [3.63, 3.8) is 0 Å². The number of hydrogen-bond acceptors (Lipinski definition) is 4. The Labute approximate surface area is 115 Å². The Hall–Kier alpha value is -1.66. The van der Waals surface area contributed by atoms with E-state index >= 15 is 0 Å². The Balaban J connectivity index is 3.15. The molecule has 6 nitrogen and oxygen atoms in total. The molecule has 0 unspecified atom stereocenters. The normalized spacial score (nSPS) is 10.3. The van der Waals surface area contributed by atoms with E-state index in [0.717, 1.165) is 0 Å². The lowest BCUT2D eigenvalue weighted by atomic mass is 10.1. The van der Waals surface area contributed by atoms with E-state index in [1.807, 2.05) is 6.92 Å². The van der Waals surface area contributed by atoms with Gasteiger partial charge in [0, 0.05) is 24.2 Å². The third-order valence-electron chi connectivity index (χ3n) is 2.54. The Morgan fingerprint density at radius 2 is 2.16 bits per heavy atom. The van der Waals surface area contributed by atoms with Crippen molar-refractivity contribution in [2.75, 3.05) is 19.7 Å². The highest BCUT2D eigenvalue weighted by Crippen LogP contribution is 2.24. The van der Waals surface area contributed by atoms with Crippen LogP contribution >= 0.6 is 11.6 Å². The zero-order valence-corrected chi connectivity index (χ0v) is 11.3. The zero-order valence-electron chi connectivity index (χ0n) is 10.5. The summed E-state index contributed by atoms with van der Waals surface area (Å²) in [7, 11) is 0. The monoisotopic (exact) mass is 286 g/mol. The molecule has 0 heterocycles. The molecule has 7 heteroatoms. The number of nitrogens with zero attached hydrogens (tertiary/aromatic N) is 2. The molecule has 0 atom stereocenters. The van der Waals surface area contributed by atoms with E-state index in [0.29, 0.717) is 13.0 Å². The first-order valence-corrected chi connectivity index (χ1v) is 6.23. The highest BCUT2D eigenvalue weighted by atomic mass is 35.5. The maximum atomic E-state index is 12.3. The summed E-state index contributed by atoms with van der Waals surface area (Å²) in [5.74, 6) is -0.495. The molecule has 0 aliphatic heterocycles. The number of aliphatic hydroxyl groups is 1. The fraction of sp³-hybridized carbons (Fsp3) is 0.417. The van der Waals surface area contributed by atoms with Gasteiger partial charge in [-0.05, 0) is 18.6 Å². The molecule has 0 fully saturated rings. The van der Waals surface area contributed by atoms with Gasteiger partial charge in [0.15, 0.2) is 0 Å². The quantitative estimate of drug-likeness (QED) is 0.641. The van der Waals surface area contributed by atoms with Gasteiger partial charge in [0.25, 0.3) is 11.6 Å². The average molecular weight is 287 g/mol. The molecule has 1 N–H and O–H groups in total. The van der Waals surface area contributed by atoms with Crippen LogP contribution in [0.2, 0.25) is 5.02 Å². The van der Waals surface area contributed by atoms with Crippen molar-refractivity contribution < 1.29 is 14.8 Å². The number of carbonyl (C=O) groups excluding carboxylic acids is 1. The minimum absolute atomic E-state index is 0.0561. The number of amides is 1. The van der Waals surface area contributed by atoms with Crippen molar-refractivity contribution >= 4 is 23.2 Å². The second kappa shape index (κ2) is 7.06. The van der Waals surface area contributed by atoms with Gasteiger partial charge in [-0.1, -0.05) is 18.5 Å². The highest BCUT2D eigenvalue weighted by molar-refractivity contribution is 6.31. The van der Waals surface area contributed by atoms with Crippen LogP contribution in [0.15, 0.2) is 18.2 Å². The largest absolute Gasteiger partial charge is 0.395 e. The van der Waals surface area contributed by atoms with E-state index in [-0.39, 0.29) is 29.4 Å². The van der Waals surface area contributed by atoms with Gasteiger partial charge in [-0.15, -0.1) is 0 Å². The second-order valence-electron chi connectivity index (χ2n) is 3.93. The number of benzene rings is 1. The predicted octanol–water partition coefficient (Wildman–Crippen LogP) is 2.09. The molecule has 0 aromatic heterocycles. The molecular formula is C12H15ClN2O4. The Morgan fingerprint density at radius 1 is 1.47 bits per heavy atom. The highest BCUT2D eigenvalue weighted by Gasteiger charge is 2.24. The molecule has 1 rings (SSSR count). The average Bonchev–Trinajstić information content (AvgIpc) is 2.37. The van der Waals surface area contributed by atoms with Gasteiger partial charge < -0.3 is 10.0 Å². The van der Waals surface area contributed by atoms with Crippen LogP contribution in [0.25, 0.3) is 0 Å². The number of halogens is 1. The fourth-order valence-corrected chi connectivity index (χ4v) is 1.89. The summed E-state index contributed by atoms with van der Waals surface area (Å²) in [5.41, 5.74) is -0.340. The van der Waals surface area contributed by atoms with Crippen LogP contribution in [0.5, 0.6) is 0 Å². The van der Waals surface area contributed by atoms with Gasteiger partial charge >= 0.3 is 0 Å². The first kappa shape index (κ1) is 15.4. The molecule has 0 aliphatic carbocycles. The van der Waals surface area contributed by atoms with Crippen LogP contribution in [0.4, 0.5) is 5.69 Å². The van der Waals surface area contributed by atoms with Crippen LogP contribution in [-0.4, -0.2) is 40.5 Å². The van der Waals surface area contributed by atoms with E-state index in [2.05, 4.69) is 0 Å². The number of rotatable bonds is 6. The van der Waals surface area contributed by atoms with Gasteiger partial charge in [0.05, 0.1) is 11.5 Å². The van der Waals surface area contributed by atoms with E-state index in [1.165, 1.54) is 23.1 Å². The van der Waals surface area contributed by atoms with Crippen LogP contribution in [-0.2, 0) is 0 Å². The predicted molar refractivity (Wildman–Crippen MR) is 71.4 cm³/mol. The molecule has 19 heavy (non-hydrogen) atoms. The molecule has 1 aromatic carbocycles. The Morgan fingerprint density at radius 3 is 2.68 bits per heavy atom. The van der Waals surface area contributed by atoms with Crippen LogP contribution in [0.1, 0.15) is 23.7 Å². The summed E-state index contributed by atoms with van der Waals surface area (Å²) < 4.78 is 0. The lowest BCUT2D eigenvalue weighted by Crippen LogP contribution is -2.34.